The fourth-order valence-corrected chi connectivity index (χ4v) is 2.07. The maximum atomic E-state index is 10.9. The monoisotopic (exact) mass is 230 g/mol. The van der Waals surface area contributed by atoms with Crippen LogP contribution in [0.1, 0.15) is 47.0 Å². The lowest BCUT2D eigenvalue weighted by molar-refractivity contribution is -0.143. The molecule has 0 radical (unpaired) electrons. The van der Waals surface area contributed by atoms with Crippen LogP contribution in [0.25, 0.3) is 0 Å². The van der Waals surface area contributed by atoms with E-state index in [0.29, 0.717) is 12.5 Å². The Kier molecular flexibility index (Phi) is 5.97. The van der Waals surface area contributed by atoms with Crippen LogP contribution in [0.2, 0.25) is 0 Å². The zero-order chi connectivity index (χ0) is 12.9. The van der Waals surface area contributed by atoms with E-state index in [-0.39, 0.29) is 6.04 Å². The van der Waals surface area contributed by atoms with Gasteiger partial charge in [-0.25, -0.2) is 0 Å². The molecule has 4 nitrogen and oxygen atoms in total. The molecule has 3 N–H and O–H groups in total. The predicted molar refractivity (Wildman–Crippen MR) is 66.4 cm³/mol. The van der Waals surface area contributed by atoms with Crippen LogP contribution >= 0.6 is 0 Å². The molecule has 0 aliphatic rings. The number of nitrogens with zero attached hydrogens (tertiary/aromatic N) is 1. The van der Waals surface area contributed by atoms with Crippen molar-refractivity contribution in [3.8, 4) is 0 Å². The van der Waals surface area contributed by atoms with Crippen molar-refractivity contribution < 1.29 is 9.90 Å². The van der Waals surface area contributed by atoms with Crippen LogP contribution in [0.15, 0.2) is 0 Å². The van der Waals surface area contributed by atoms with Gasteiger partial charge >= 0.3 is 5.97 Å². The highest BCUT2D eigenvalue weighted by Crippen LogP contribution is 2.17. The second kappa shape index (κ2) is 6.21. The summed E-state index contributed by atoms with van der Waals surface area (Å²) in [6.07, 6.45) is 2.62. The normalized spacial score (nSPS) is 17.5. The molecule has 0 aromatic carbocycles. The van der Waals surface area contributed by atoms with Crippen LogP contribution < -0.4 is 5.73 Å². The molecule has 96 valence electrons. The van der Waals surface area contributed by atoms with E-state index >= 15 is 0 Å². The largest absolute Gasteiger partial charge is 0.480 e. The molecule has 0 saturated heterocycles. The summed E-state index contributed by atoms with van der Waals surface area (Å²) < 4.78 is 0. The third-order valence-electron chi connectivity index (χ3n) is 3.42. The molecule has 0 amide bonds. The summed E-state index contributed by atoms with van der Waals surface area (Å²) in [5.74, 6) is -0.933. The fourth-order valence-electron chi connectivity index (χ4n) is 2.07. The van der Waals surface area contributed by atoms with Crippen molar-refractivity contribution in [1.82, 2.24) is 4.90 Å². The van der Waals surface area contributed by atoms with Crippen LogP contribution in [-0.4, -0.2) is 40.6 Å². The van der Waals surface area contributed by atoms with Gasteiger partial charge < -0.3 is 15.7 Å². The smallest absolute Gasteiger partial charge is 0.323 e. The van der Waals surface area contributed by atoms with Crippen molar-refractivity contribution in [3.05, 3.63) is 0 Å². The van der Waals surface area contributed by atoms with Crippen molar-refractivity contribution in [3.63, 3.8) is 0 Å². The molecule has 0 aliphatic carbocycles. The number of rotatable bonds is 7. The lowest BCUT2D eigenvalue weighted by Gasteiger charge is -2.35. The second-order valence-corrected chi connectivity index (χ2v) is 4.91. The molecule has 4 heteroatoms. The number of nitrogens with two attached hydrogens (primary N) is 1. The molecule has 0 rings (SSSR count). The molecule has 0 aromatic heterocycles. The molecular formula is C12H26N2O2. The highest BCUT2D eigenvalue weighted by molar-refractivity contribution is 5.77. The Morgan fingerprint density at radius 1 is 1.44 bits per heavy atom. The molecule has 2 atom stereocenters. The van der Waals surface area contributed by atoms with E-state index in [1.165, 1.54) is 0 Å². The summed E-state index contributed by atoms with van der Waals surface area (Å²) in [4.78, 5) is 13.2. The molecule has 0 aliphatic heterocycles. The van der Waals surface area contributed by atoms with Crippen molar-refractivity contribution in [2.75, 3.05) is 7.05 Å². The summed E-state index contributed by atoms with van der Waals surface area (Å²) in [5, 5.41) is 8.98. The van der Waals surface area contributed by atoms with E-state index in [1.54, 1.807) is 6.92 Å². The first-order chi connectivity index (χ1) is 7.26. The Morgan fingerprint density at radius 2 is 1.88 bits per heavy atom. The minimum absolute atomic E-state index is 0.177. The number of hydrogen-bond donors (Lipinski definition) is 2. The molecule has 16 heavy (non-hydrogen) atoms. The molecule has 2 unspecified atom stereocenters. The van der Waals surface area contributed by atoms with Crippen LogP contribution in [0, 0.1) is 0 Å². The van der Waals surface area contributed by atoms with Crippen LogP contribution in [0.5, 0.6) is 0 Å². The van der Waals surface area contributed by atoms with E-state index < -0.39 is 11.5 Å². The molecule has 0 fully saturated rings. The number of hydrogen-bond acceptors (Lipinski definition) is 3. The SMILES string of the molecule is CCC(CC)N(C)C(C)CC(C)(N)C(=O)O. The highest BCUT2D eigenvalue weighted by atomic mass is 16.4. The molecule has 0 aromatic rings. The van der Waals surface area contributed by atoms with Crippen LogP contribution in [-0.2, 0) is 4.79 Å². The number of carboxylic acid groups (broad SMARTS) is 1. The number of aliphatic carboxylic acids is 1. The Balaban J connectivity index is 4.45. The van der Waals surface area contributed by atoms with Crippen molar-refractivity contribution >= 4 is 5.97 Å². The molecule has 0 saturated carbocycles. The lowest BCUT2D eigenvalue weighted by atomic mass is 9.93. The Bertz CT molecular complexity index is 225. The number of carbonyl (C=O) groups is 1. The Labute approximate surface area is 98.8 Å². The first kappa shape index (κ1) is 15.4. The molecular weight excluding hydrogens is 204 g/mol. The molecule has 0 heterocycles. The van der Waals surface area contributed by atoms with Crippen LogP contribution in [0.3, 0.4) is 0 Å². The second-order valence-electron chi connectivity index (χ2n) is 4.91. The first-order valence-electron chi connectivity index (χ1n) is 6.00. The van der Waals surface area contributed by atoms with E-state index in [4.69, 9.17) is 10.8 Å². The van der Waals surface area contributed by atoms with E-state index in [2.05, 4.69) is 18.7 Å². The topological polar surface area (TPSA) is 66.6 Å². The maximum absolute atomic E-state index is 10.9. The van der Waals surface area contributed by atoms with Gasteiger partial charge in [0, 0.05) is 12.1 Å². The van der Waals surface area contributed by atoms with Gasteiger partial charge in [-0.05, 0) is 40.2 Å². The lowest BCUT2D eigenvalue weighted by Crippen LogP contribution is -2.51. The van der Waals surface area contributed by atoms with Crippen molar-refractivity contribution in [2.24, 2.45) is 5.73 Å². The van der Waals surface area contributed by atoms with Crippen molar-refractivity contribution in [2.45, 2.75) is 64.6 Å². The van der Waals surface area contributed by atoms with E-state index in [1.807, 2.05) is 14.0 Å². The number of carboxylic acids is 1. The zero-order valence-corrected chi connectivity index (χ0v) is 11.2. The molecule has 0 bridgehead atoms. The van der Waals surface area contributed by atoms with Gasteiger partial charge in [0.15, 0.2) is 0 Å². The predicted octanol–water partition coefficient (Wildman–Crippen LogP) is 1.69. The standard InChI is InChI=1S/C12H26N2O2/c1-6-10(7-2)14(5)9(3)8-12(4,13)11(15)16/h9-10H,6-8,13H2,1-5H3,(H,15,16). The maximum Gasteiger partial charge on any atom is 0.323 e. The third kappa shape index (κ3) is 4.10. The molecule has 0 spiro atoms. The Hall–Kier alpha value is -0.610. The van der Waals surface area contributed by atoms with E-state index in [9.17, 15) is 4.79 Å². The summed E-state index contributed by atoms with van der Waals surface area (Å²) in [5.41, 5.74) is 4.62. The third-order valence-corrected chi connectivity index (χ3v) is 3.42. The minimum atomic E-state index is -1.14. The van der Waals surface area contributed by atoms with Gasteiger partial charge in [-0.3, -0.25) is 4.79 Å². The van der Waals surface area contributed by atoms with Gasteiger partial charge in [0.1, 0.15) is 5.54 Å². The van der Waals surface area contributed by atoms with Gasteiger partial charge in [-0.1, -0.05) is 13.8 Å². The summed E-state index contributed by atoms with van der Waals surface area (Å²) in [7, 11) is 2.04. The minimum Gasteiger partial charge on any atom is -0.480 e. The van der Waals surface area contributed by atoms with Crippen LogP contribution in [0.4, 0.5) is 0 Å². The fraction of sp³-hybridized carbons (Fsp3) is 0.917. The summed E-state index contributed by atoms with van der Waals surface area (Å²) in [6, 6.07) is 0.676. The Morgan fingerprint density at radius 3 is 2.19 bits per heavy atom. The van der Waals surface area contributed by atoms with Gasteiger partial charge in [-0.2, -0.15) is 0 Å². The average molecular weight is 230 g/mol. The van der Waals surface area contributed by atoms with Gasteiger partial charge in [0.2, 0.25) is 0 Å². The van der Waals surface area contributed by atoms with Gasteiger partial charge in [-0.15, -0.1) is 0 Å². The first-order valence-corrected chi connectivity index (χ1v) is 6.00. The zero-order valence-electron chi connectivity index (χ0n) is 11.2. The van der Waals surface area contributed by atoms with Gasteiger partial charge in [0.25, 0.3) is 0 Å². The summed E-state index contributed by atoms with van der Waals surface area (Å²) in [6.45, 7) is 7.91. The quantitative estimate of drug-likeness (QED) is 0.698. The van der Waals surface area contributed by atoms with E-state index in [0.717, 1.165) is 12.8 Å². The van der Waals surface area contributed by atoms with Gasteiger partial charge in [0.05, 0.1) is 0 Å². The van der Waals surface area contributed by atoms with Crippen molar-refractivity contribution in [1.29, 1.82) is 0 Å². The average Bonchev–Trinajstić information content (AvgIpc) is 2.18. The summed E-state index contributed by atoms with van der Waals surface area (Å²) >= 11 is 0. The highest BCUT2D eigenvalue weighted by Gasteiger charge is 2.32.